The minimum Gasteiger partial charge on any atom is -0.363 e. The Labute approximate surface area is 154 Å². The van der Waals surface area contributed by atoms with Crippen LogP contribution in [0.25, 0.3) is 0 Å². The number of benzene rings is 2. The maximum atomic E-state index is 4.74. The second kappa shape index (κ2) is 7.67. The molecule has 3 aromatic rings. The van der Waals surface area contributed by atoms with Crippen molar-refractivity contribution in [3.8, 4) is 0 Å². The van der Waals surface area contributed by atoms with E-state index >= 15 is 0 Å². The van der Waals surface area contributed by atoms with Crippen LogP contribution in [0.4, 0.5) is 5.82 Å². The fraction of sp³-hybridized carbons (Fsp3) is 0.273. The first-order valence-electron chi connectivity index (χ1n) is 9.22. The number of rotatable bonds is 5. The highest BCUT2D eigenvalue weighted by Gasteiger charge is 2.20. The fourth-order valence-corrected chi connectivity index (χ4v) is 3.55. The number of fused-ring (bicyclic) bond motifs is 1. The van der Waals surface area contributed by atoms with E-state index in [0.29, 0.717) is 0 Å². The van der Waals surface area contributed by atoms with Gasteiger partial charge in [0.05, 0.1) is 11.7 Å². The smallest absolute Gasteiger partial charge is 0.133 e. The van der Waals surface area contributed by atoms with E-state index < -0.39 is 0 Å². The summed E-state index contributed by atoms with van der Waals surface area (Å²) in [7, 11) is 0. The van der Waals surface area contributed by atoms with Crippen LogP contribution < -0.4 is 10.6 Å². The lowest BCUT2D eigenvalue weighted by Crippen LogP contribution is -2.27. The van der Waals surface area contributed by atoms with Crippen molar-refractivity contribution in [3.63, 3.8) is 0 Å². The van der Waals surface area contributed by atoms with Gasteiger partial charge in [-0.3, -0.25) is 0 Å². The molecule has 0 aliphatic carbocycles. The number of nitrogens with one attached hydrogen (secondary N) is 2. The third kappa shape index (κ3) is 3.75. The molecule has 0 saturated carbocycles. The molecule has 1 aromatic heterocycles. The number of nitrogens with zero attached hydrogens (tertiary/aromatic N) is 2. The lowest BCUT2D eigenvalue weighted by molar-refractivity contribution is 0.618. The Balaban J connectivity index is 1.68. The molecular formula is C22H24N4. The second-order valence-electron chi connectivity index (χ2n) is 6.77. The average molecular weight is 344 g/mol. The molecule has 0 radical (unpaired) electrons. The summed E-state index contributed by atoms with van der Waals surface area (Å²) < 4.78 is 0. The van der Waals surface area contributed by atoms with Gasteiger partial charge in [0.2, 0.25) is 0 Å². The van der Waals surface area contributed by atoms with E-state index in [9.17, 15) is 0 Å². The van der Waals surface area contributed by atoms with E-state index in [0.717, 1.165) is 43.3 Å². The lowest BCUT2D eigenvalue weighted by Gasteiger charge is -2.25. The molecule has 132 valence electrons. The normalized spacial score (nSPS) is 14.5. The summed E-state index contributed by atoms with van der Waals surface area (Å²) in [5.41, 5.74) is 4.96. The summed E-state index contributed by atoms with van der Waals surface area (Å²) in [5, 5.41) is 7.14. The van der Waals surface area contributed by atoms with Gasteiger partial charge in [-0.15, -0.1) is 0 Å². The van der Waals surface area contributed by atoms with Crippen molar-refractivity contribution >= 4 is 5.82 Å². The Morgan fingerprint density at radius 3 is 2.50 bits per heavy atom. The Kier molecular flexibility index (Phi) is 4.93. The minimum absolute atomic E-state index is 0.173. The zero-order valence-electron chi connectivity index (χ0n) is 15.1. The van der Waals surface area contributed by atoms with Gasteiger partial charge in [0, 0.05) is 12.1 Å². The average Bonchev–Trinajstić information content (AvgIpc) is 2.69. The molecule has 0 saturated heterocycles. The molecule has 4 heteroatoms. The van der Waals surface area contributed by atoms with Crippen LogP contribution in [0, 0.1) is 6.92 Å². The van der Waals surface area contributed by atoms with Crippen LogP contribution in [0.15, 0.2) is 60.7 Å². The largest absolute Gasteiger partial charge is 0.363 e. The quantitative estimate of drug-likeness (QED) is 0.739. The van der Waals surface area contributed by atoms with Crippen molar-refractivity contribution in [2.45, 2.75) is 32.4 Å². The van der Waals surface area contributed by atoms with Gasteiger partial charge in [-0.25, -0.2) is 9.97 Å². The van der Waals surface area contributed by atoms with Crippen LogP contribution in [-0.2, 0) is 19.4 Å². The van der Waals surface area contributed by atoms with Crippen molar-refractivity contribution in [2.75, 3.05) is 11.9 Å². The molecule has 0 bridgehead atoms. The fourth-order valence-electron chi connectivity index (χ4n) is 3.55. The lowest BCUT2D eigenvalue weighted by atomic mass is 9.98. The highest BCUT2D eigenvalue weighted by atomic mass is 15.1. The van der Waals surface area contributed by atoms with Crippen LogP contribution >= 0.6 is 0 Å². The van der Waals surface area contributed by atoms with Crippen LogP contribution in [0.1, 0.15) is 34.3 Å². The second-order valence-corrected chi connectivity index (χ2v) is 6.77. The van der Waals surface area contributed by atoms with Crippen molar-refractivity contribution in [1.82, 2.24) is 15.3 Å². The zero-order chi connectivity index (χ0) is 17.8. The predicted octanol–water partition coefficient (Wildman–Crippen LogP) is 3.83. The molecule has 1 aliphatic rings. The van der Waals surface area contributed by atoms with Crippen LogP contribution in [0.2, 0.25) is 0 Å². The van der Waals surface area contributed by atoms with E-state index in [4.69, 9.17) is 4.98 Å². The predicted molar refractivity (Wildman–Crippen MR) is 105 cm³/mol. The van der Waals surface area contributed by atoms with Gasteiger partial charge in [0.25, 0.3) is 0 Å². The molecule has 0 amide bonds. The molecule has 2 aromatic carbocycles. The van der Waals surface area contributed by atoms with E-state index in [-0.39, 0.29) is 6.04 Å². The van der Waals surface area contributed by atoms with E-state index in [1.54, 1.807) is 0 Å². The first-order chi connectivity index (χ1) is 12.8. The van der Waals surface area contributed by atoms with Crippen LogP contribution in [0.3, 0.4) is 0 Å². The third-order valence-corrected chi connectivity index (χ3v) is 4.84. The summed E-state index contributed by atoms with van der Waals surface area (Å²) >= 11 is 0. The Hall–Kier alpha value is -2.72. The molecule has 2 N–H and O–H groups in total. The molecular weight excluding hydrogens is 320 g/mol. The third-order valence-electron chi connectivity index (χ3n) is 4.84. The molecule has 4 rings (SSSR count). The number of aromatic nitrogens is 2. The Morgan fingerprint density at radius 1 is 1.00 bits per heavy atom. The van der Waals surface area contributed by atoms with E-state index in [1.807, 2.05) is 6.92 Å². The van der Waals surface area contributed by atoms with Gasteiger partial charge in [0.15, 0.2) is 0 Å². The molecule has 0 fully saturated rings. The van der Waals surface area contributed by atoms with Crippen LogP contribution in [-0.4, -0.2) is 16.5 Å². The van der Waals surface area contributed by atoms with Gasteiger partial charge in [-0.2, -0.15) is 0 Å². The zero-order valence-corrected chi connectivity index (χ0v) is 15.1. The molecule has 1 unspecified atom stereocenters. The van der Waals surface area contributed by atoms with Gasteiger partial charge in [-0.1, -0.05) is 60.7 Å². The highest BCUT2D eigenvalue weighted by Crippen LogP contribution is 2.27. The maximum Gasteiger partial charge on any atom is 0.133 e. The highest BCUT2D eigenvalue weighted by molar-refractivity contribution is 5.50. The number of hydrogen-bond donors (Lipinski definition) is 2. The van der Waals surface area contributed by atoms with Crippen molar-refractivity contribution in [2.24, 2.45) is 0 Å². The topological polar surface area (TPSA) is 49.8 Å². The summed E-state index contributed by atoms with van der Waals surface area (Å²) in [6.07, 6.45) is 1.88. The van der Waals surface area contributed by atoms with Gasteiger partial charge >= 0.3 is 0 Å². The first-order valence-corrected chi connectivity index (χ1v) is 9.22. The van der Waals surface area contributed by atoms with Crippen LogP contribution in [0.5, 0.6) is 0 Å². The van der Waals surface area contributed by atoms with Crippen molar-refractivity contribution < 1.29 is 0 Å². The van der Waals surface area contributed by atoms with Gasteiger partial charge in [0.1, 0.15) is 11.6 Å². The summed E-state index contributed by atoms with van der Waals surface area (Å²) in [4.78, 5) is 9.37. The SMILES string of the molecule is Cc1nc2c(c(NC(Cc3ccccc3)c3ccccc3)n1)CCNC2. The van der Waals surface area contributed by atoms with E-state index in [1.165, 1.54) is 16.7 Å². The standard InChI is InChI=1S/C22H24N4/c1-16-24-21-15-23-13-12-19(21)22(25-16)26-20(18-10-6-3-7-11-18)14-17-8-4-2-5-9-17/h2-11,20,23H,12-15H2,1H3,(H,24,25,26). The Bertz CT molecular complexity index is 862. The van der Waals surface area contributed by atoms with E-state index in [2.05, 4.69) is 76.3 Å². The summed E-state index contributed by atoms with van der Waals surface area (Å²) in [6.45, 7) is 3.76. The monoisotopic (exact) mass is 344 g/mol. The number of aryl methyl sites for hydroxylation is 1. The first kappa shape index (κ1) is 16.7. The molecule has 0 spiro atoms. The molecule has 1 atom stereocenters. The molecule has 4 nitrogen and oxygen atoms in total. The summed E-state index contributed by atoms with van der Waals surface area (Å²) in [5.74, 6) is 1.81. The molecule has 26 heavy (non-hydrogen) atoms. The van der Waals surface area contributed by atoms with Gasteiger partial charge in [-0.05, 0) is 37.4 Å². The Morgan fingerprint density at radius 2 is 1.73 bits per heavy atom. The number of anilines is 1. The minimum atomic E-state index is 0.173. The van der Waals surface area contributed by atoms with Crippen molar-refractivity contribution in [1.29, 1.82) is 0 Å². The van der Waals surface area contributed by atoms with Crippen molar-refractivity contribution in [3.05, 3.63) is 88.9 Å². The van der Waals surface area contributed by atoms with Gasteiger partial charge < -0.3 is 10.6 Å². The molecule has 1 aliphatic heterocycles. The summed E-state index contributed by atoms with van der Waals surface area (Å²) in [6, 6.07) is 21.4. The maximum absolute atomic E-state index is 4.74. The number of hydrogen-bond acceptors (Lipinski definition) is 4. The molecule has 2 heterocycles.